The fourth-order valence-corrected chi connectivity index (χ4v) is 2.65. The molecule has 2 heterocycles. The van der Waals surface area contributed by atoms with Crippen LogP contribution < -0.4 is 0 Å². The summed E-state index contributed by atoms with van der Waals surface area (Å²) in [5.41, 5.74) is 0. The summed E-state index contributed by atoms with van der Waals surface area (Å²) < 4.78 is 22.6. The standard InChI is InChI=1S/C12H20O6/c13-9-1-3-11(4-2-9)17-7-12(8-18-11)15-5-10(14)6-16-12/h9-10,13-14H,1-8H2. The first-order chi connectivity index (χ1) is 8.62. The monoisotopic (exact) mass is 260 g/mol. The highest BCUT2D eigenvalue weighted by Gasteiger charge is 2.49. The van der Waals surface area contributed by atoms with Crippen LogP contribution in [0.2, 0.25) is 0 Å². The van der Waals surface area contributed by atoms with Crippen LogP contribution >= 0.6 is 0 Å². The minimum atomic E-state index is -0.861. The highest BCUT2D eigenvalue weighted by Crippen LogP contribution is 2.39. The Bertz CT molecular complexity index is 249. The van der Waals surface area contributed by atoms with Crippen LogP contribution in [0.4, 0.5) is 0 Å². The summed E-state index contributed by atoms with van der Waals surface area (Å²) in [4.78, 5) is 0. The van der Waals surface area contributed by atoms with Crippen LogP contribution in [0.5, 0.6) is 0 Å². The summed E-state index contributed by atoms with van der Waals surface area (Å²) in [6.45, 7) is 1.13. The zero-order chi connectivity index (χ0) is 12.6. The molecule has 104 valence electrons. The highest BCUT2D eigenvalue weighted by molar-refractivity contribution is 4.87. The van der Waals surface area contributed by atoms with Crippen LogP contribution in [-0.4, -0.2) is 60.4 Å². The molecule has 3 rings (SSSR count). The molecule has 0 aromatic carbocycles. The third kappa shape index (κ3) is 2.41. The quantitative estimate of drug-likeness (QED) is 0.626. The molecule has 1 aliphatic carbocycles. The van der Waals surface area contributed by atoms with Gasteiger partial charge in [0.1, 0.15) is 19.3 Å². The average molecular weight is 260 g/mol. The van der Waals surface area contributed by atoms with Crippen LogP contribution in [-0.2, 0) is 18.9 Å². The predicted octanol–water partition coefficient (Wildman–Crippen LogP) is -0.232. The van der Waals surface area contributed by atoms with Crippen LogP contribution in [0, 0.1) is 0 Å². The molecule has 0 aromatic heterocycles. The van der Waals surface area contributed by atoms with Gasteiger partial charge < -0.3 is 29.2 Å². The lowest BCUT2D eigenvalue weighted by Gasteiger charge is -2.49. The number of ether oxygens (including phenoxy) is 4. The van der Waals surface area contributed by atoms with Gasteiger partial charge >= 0.3 is 0 Å². The van der Waals surface area contributed by atoms with Gasteiger partial charge in [0.05, 0.1) is 19.3 Å². The smallest absolute Gasteiger partial charge is 0.216 e. The zero-order valence-electron chi connectivity index (χ0n) is 10.3. The molecule has 2 aliphatic heterocycles. The Morgan fingerprint density at radius 1 is 0.722 bits per heavy atom. The molecule has 0 radical (unpaired) electrons. The molecule has 1 saturated carbocycles. The molecule has 2 saturated heterocycles. The number of aliphatic hydroxyl groups excluding tert-OH is 2. The maximum atomic E-state index is 9.51. The summed E-state index contributed by atoms with van der Waals surface area (Å²) in [6.07, 6.45) is 1.99. The van der Waals surface area contributed by atoms with Crippen LogP contribution in [0.3, 0.4) is 0 Å². The minimum absolute atomic E-state index is 0.240. The van der Waals surface area contributed by atoms with E-state index < -0.39 is 17.7 Å². The van der Waals surface area contributed by atoms with Gasteiger partial charge in [-0.25, -0.2) is 0 Å². The molecule has 2 N–H and O–H groups in total. The molecule has 0 unspecified atom stereocenters. The van der Waals surface area contributed by atoms with Gasteiger partial charge in [-0.3, -0.25) is 0 Å². The van der Waals surface area contributed by atoms with Crippen molar-refractivity contribution < 1.29 is 29.2 Å². The molecule has 2 spiro atoms. The molecule has 0 amide bonds. The SMILES string of the molecule is OC1CCC2(CC1)OCC1(CO2)OCC(O)CO1. The number of aliphatic hydroxyl groups is 2. The van der Waals surface area contributed by atoms with Crippen molar-refractivity contribution >= 4 is 0 Å². The van der Waals surface area contributed by atoms with Gasteiger partial charge in [-0.2, -0.15) is 0 Å². The van der Waals surface area contributed by atoms with Crippen molar-refractivity contribution in [1.82, 2.24) is 0 Å². The van der Waals surface area contributed by atoms with E-state index in [1.54, 1.807) is 0 Å². The van der Waals surface area contributed by atoms with E-state index in [1.165, 1.54) is 0 Å². The summed E-state index contributed by atoms with van der Waals surface area (Å²) >= 11 is 0. The molecular weight excluding hydrogens is 240 g/mol. The Kier molecular flexibility index (Phi) is 3.34. The Hall–Kier alpha value is -0.240. The van der Waals surface area contributed by atoms with Crippen molar-refractivity contribution in [3.63, 3.8) is 0 Å². The van der Waals surface area contributed by atoms with Gasteiger partial charge in [-0.15, -0.1) is 0 Å². The molecule has 0 bridgehead atoms. The fourth-order valence-electron chi connectivity index (χ4n) is 2.65. The van der Waals surface area contributed by atoms with Gasteiger partial charge in [0.25, 0.3) is 0 Å². The molecule has 3 fully saturated rings. The third-order valence-corrected chi connectivity index (χ3v) is 3.90. The molecule has 18 heavy (non-hydrogen) atoms. The summed E-state index contributed by atoms with van der Waals surface area (Å²) in [6, 6.07) is 0. The van der Waals surface area contributed by atoms with Crippen molar-refractivity contribution in [2.24, 2.45) is 0 Å². The lowest BCUT2D eigenvalue weighted by atomic mass is 9.91. The van der Waals surface area contributed by atoms with Crippen LogP contribution in [0.1, 0.15) is 25.7 Å². The number of hydrogen-bond acceptors (Lipinski definition) is 6. The summed E-state index contributed by atoms with van der Waals surface area (Å²) in [5, 5.41) is 18.8. The van der Waals surface area contributed by atoms with E-state index in [1.807, 2.05) is 0 Å². The van der Waals surface area contributed by atoms with E-state index in [9.17, 15) is 10.2 Å². The van der Waals surface area contributed by atoms with Crippen LogP contribution in [0.25, 0.3) is 0 Å². The van der Waals surface area contributed by atoms with Crippen molar-refractivity contribution in [1.29, 1.82) is 0 Å². The molecule has 6 nitrogen and oxygen atoms in total. The van der Waals surface area contributed by atoms with E-state index >= 15 is 0 Å². The van der Waals surface area contributed by atoms with Crippen molar-refractivity contribution in [2.45, 2.75) is 49.5 Å². The average Bonchev–Trinajstić information content (AvgIpc) is 2.41. The molecule has 0 aromatic rings. The second-order valence-electron chi connectivity index (χ2n) is 5.41. The second kappa shape index (κ2) is 4.70. The first-order valence-electron chi connectivity index (χ1n) is 6.53. The molecular formula is C12H20O6. The van der Waals surface area contributed by atoms with E-state index in [-0.39, 0.29) is 19.3 Å². The van der Waals surface area contributed by atoms with E-state index in [0.717, 1.165) is 0 Å². The summed E-state index contributed by atoms with van der Waals surface area (Å²) in [5.74, 6) is -1.44. The Balaban J connectivity index is 1.57. The molecule has 3 aliphatic rings. The maximum absolute atomic E-state index is 9.51. The number of hydrogen-bond donors (Lipinski definition) is 2. The Morgan fingerprint density at radius 2 is 1.28 bits per heavy atom. The van der Waals surface area contributed by atoms with E-state index in [4.69, 9.17) is 18.9 Å². The third-order valence-electron chi connectivity index (χ3n) is 3.90. The fraction of sp³-hybridized carbons (Fsp3) is 1.00. The number of rotatable bonds is 0. The van der Waals surface area contributed by atoms with Gasteiger partial charge in [-0.05, 0) is 12.8 Å². The Labute approximate surface area is 106 Å². The first-order valence-corrected chi connectivity index (χ1v) is 6.53. The first kappa shape index (κ1) is 12.8. The molecule has 0 atom stereocenters. The zero-order valence-corrected chi connectivity index (χ0v) is 10.3. The summed E-state index contributed by atoms with van der Waals surface area (Å²) in [7, 11) is 0. The lowest BCUT2D eigenvalue weighted by molar-refractivity contribution is -0.410. The topological polar surface area (TPSA) is 77.4 Å². The van der Waals surface area contributed by atoms with Crippen molar-refractivity contribution in [2.75, 3.05) is 26.4 Å². The maximum Gasteiger partial charge on any atom is 0.216 e. The second-order valence-corrected chi connectivity index (χ2v) is 5.41. The highest BCUT2D eigenvalue weighted by atomic mass is 16.8. The van der Waals surface area contributed by atoms with Gasteiger partial charge in [0, 0.05) is 12.8 Å². The van der Waals surface area contributed by atoms with Gasteiger partial charge in [0.2, 0.25) is 5.79 Å². The largest absolute Gasteiger partial charge is 0.393 e. The Morgan fingerprint density at radius 3 is 1.83 bits per heavy atom. The van der Waals surface area contributed by atoms with E-state index in [2.05, 4.69) is 0 Å². The van der Waals surface area contributed by atoms with Crippen LogP contribution in [0.15, 0.2) is 0 Å². The molecule has 6 heteroatoms. The van der Waals surface area contributed by atoms with Gasteiger partial charge in [0.15, 0.2) is 5.79 Å². The van der Waals surface area contributed by atoms with Gasteiger partial charge in [-0.1, -0.05) is 0 Å². The van der Waals surface area contributed by atoms with E-state index in [0.29, 0.717) is 38.9 Å². The van der Waals surface area contributed by atoms with Crippen molar-refractivity contribution in [3.8, 4) is 0 Å². The predicted molar refractivity (Wildman–Crippen MR) is 59.8 cm³/mol. The minimum Gasteiger partial charge on any atom is -0.393 e. The lowest BCUT2D eigenvalue weighted by Crippen LogP contribution is -2.60. The van der Waals surface area contributed by atoms with Crippen molar-refractivity contribution in [3.05, 3.63) is 0 Å². The normalized spacial score (nSPS) is 49.7.